The van der Waals surface area contributed by atoms with Crippen LogP contribution in [0.2, 0.25) is 0 Å². The molecule has 148 valence electrons. The number of carbonyl (C=O) groups is 1. The summed E-state index contributed by atoms with van der Waals surface area (Å²) in [5, 5.41) is 0. The van der Waals surface area contributed by atoms with Gasteiger partial charge in [-0.15, -0.1) is 0 Å². The third-order valence-corrected chi connectivity index (χ3v) is 5.72. The number of pyridine rings is 1. The molecule has 2 aliphatic rings. The Morgan fingerprint density at radius 1 is 1.07 bits per heavy atom. The van der Waals surface area contributed by atoms with Crippen LogP contribution < -0.4 is 4.74 Å². The van der Waals surface area contributed by atoms with E-state index in [0.29, 0.717) is 12.1 Å². The first-order valence-corrected chi connectivity index (χ1v) is 10.5. The Morgan fingerprint density at radius 3 is 2.79 bits per heavy atom. The Hall–Kier alpha value is -2.40. The molecule has 1 aromatic heterocycles. The lowest BCUT2D eigenvalue weighted by molar-refractivity contribution is 0.0734. The van der Waals surface area contributed by atoms with Gasteiger partial charge in [-0.05, 0) is 74.2 Å². The molecule has 5 heteroatoms. The highest BCUT2D eigenvalue weighted by molar-refractivity contribution is 5.94. The van der Waals surface area contributed by atoms with Crippen LogP contribution in [-0.2, 0) is 13.0 Å². The van der Waals surface area contributed by atoms with E-state index in [4.69, 9.17) is 4.74 Å². The van der Waals surface area contributed by atoms with Crippen molar-refractivity contribution in [3.63, 3.8) is 0 Å². The number of rotatable bonds is 6. The molecule has 0 bridgehead atoms. The first kappa shape index (κ1) is 18.9. The molecule has 0 saturated carbocycles. The van der Waals surface area contributed by atoms with E-state index in [0.717, 1.165) is 38.3 Å². The fraction of sp³-hybridized carbons (Fsp3) is 0.478. The zero-order valence-corrected chi connectivity index (χ0v) is 16.5. The van der Waals surface area contributed by atoms with Crippen LogP contribution in [0.5, 0.6) is 5.75 Å². The van der Waals surface area contributed by atoms with E-state index in [1.54, 1.807) is 18.5 Å². The second kappa shape index (κ2) is 9.20. The highest BCUT2D eigenvalue weighted by Crippen LogP contribution is 2.25. The van der Waals surface area contributed by atoms with E-state index >= 15 is 0 Å². The quantitative estimate of drug-likeness (QED) is 0.721. The molecule has 2 aliphatic heterocycles. The average Bonchev–Trinajstić information content (AvgIpc) is 2.77. The zero-order chi connectivity index (χ0) is 19.2. The maximum atomic E-state index is 12.6. The lowest BCUT2D eigenvalue weighted by Crippen LogP contribution is -2.36. The largest absolute Gasteiger partial charge is 0.494 e. The van der Waals surface area contributed by atoms with E-state index in [2.05, 4.69) is 22.0 Å². The Labute approximate surface area is 167 Å². The summed E-state index contributed by atoms with van der Waals surface area (Å²) in [6, 6.07) is 9.93. The molecule has 5 nitrogen and oxygen atoms in total. The van der Waals surface area contributed by atoms with Crippen LogP contribution in [0, 0.1) is 0 Å². The second-order valence-electron chi connectivity index (χ2n) is 7.75. The minimum Gasteiger partial charge on any atom is -0.494 e. The van der Waals surface area contributed by atoms with Gasteiger partial charge in [0.15, 0.2) is 0 Å². The van der Waals surface area contributed by atoms with E-state index in [9.17, 15) is 4.79 Å². The highest BCUT2D eigenvalue weighted by atomic mass is 16.5. The molecule has 0 radical (unpaired) electrons. The summed E-state index contributed by atoms with van der Waals surface area (Å²) in [7, 11) is 0. The zero-order valence-electron chi connectivity index (χ0n) is 16.5. The number of aromatic nitrogens is 1. The third kappa shape index (κ3) is 4.71. The summed E-state index contributed by atoms with van der Waals surface area (Å²) in [5.74, 6) is 1.00. The van der Waals surface area contributed by atoms with Crippen molar-refractivity contribution < 1.29 is 9.53 Å². The third-order valence-electron chi connectivity index (χ3n) is 5.72. The summed E-state index contributed by atoms with van der Waals surface area (Å²) >= 11 is 0. The van der Waals surface area contributed by atoms with Gasteiger partial charge in [-0.3, -0.25) is 9.78 Å². The van der Waals surface area contributed by atoms with Gasteiger partial charge in [0.05, 0.1) is 12.2 Å². The molecule has 0 spiro atoms. The lowest BCUT2D eigenvalue weighted by atomic mass is 9.99. The van der Waals surface area contributed by atoms with Crippen molar-refractivity contribution in [1.82, 2.24) is 14.8 Å². The molecular weight excluding hydrogens is 350 g/mol. The van der Waals surface area contributed by atoms with Crippen LogP contribution in [0.25, 0.3) is 0 Å². The maximum absolute atomic E-state index is 12.6. The van der Waals surface area contributed by atoms with E-state index in [-0.39, 0.29) is 5.91 Å². The molecular formula is C23H29N3O2. The van der Waals surface area contributed by atoms with Gasteiger partial charge in [0.2, 0.25) is 0 Å². The van der Waals surface area contributed by atoms with E-state index in [1.165, 1.54) is 43.5 Å². The monoisotopic (exact) mass is 379 g/mol. The number of hydrogen-bond donors (Lipinski definition) is 0. The molecule has 1 aromatic carbocycles. The number of amides is 1. The van der Waals surface area contributed by atoms with Gasteiger partial charge < -0.3 is 14.5 Å². The molecule has 1 amide bonds. The summed E-state index contributed by atoms with van der Waals surface area (Å²) in [4.78, 5) is 21.1. The topological polar surface area (TPSA) is 45.7 Å². The molecule has 0 aliphatic carbocycles. The van der Waals surface area contributed by atoms with Crippen molar-refractivity contribution in [3.05, 3.63) is 59.4 Å². The van der Waals surface area contributed by atoms with Gasteiger partial charge in [-0.2, -0.15) is 0 Å². The second-order valence-corrected chi connectivity index (χ2v) is 7.75. The fourth-order valence-electron chi connectivity index (χ4n) is 4.13. The van der Waals surface area contributed by atoms with Gasteiger partial charge in [0.25, 0.3) is 5.91 Å². The van der Waals surface area contributed by atoms with Crippen LogP contribution in [0.4, 0.5) is 0 Å². The average molecular weight is 380 g/mol. The van der Waals surface area contributed by atoms with Crippen LogP contribution in [0.1, 0.15) is 47.2 Å². The lowest BCUT2D eigenvalue weighted by Gasteiger charge is -2.29. The molecule has 1 saturated heterocycles. The summed E-state index contributed by atoms with van der Waals surface area (Å²) in [5.41, 5.74) is 3.16. The van der Waals surface area contributed by atoms with Gasteiger partial charge in [0.1, 0.15) is 5.75 Å². The predicted octanol–water partition coefficient (Wildman–Crippen LogP) is 3.53. The van der Waals surface area contributed by atoms with Crippen molar-refractivity contribution in [2.75, 3.05) is 32.8 Å². The van der Waals surface area contributed by atoms with E-state index in [1.807, 2.05) is 17.0 Å². The fourth-order valence-corrected chi connectivity index (χ4v) is 4.13. The first-order chi connectivity index (χ1) is 13.8. The summed E-state index contributed by atoms with van der Waals surface area (Å²) in [6.07, 6.45) is 9.33. The Kier molecular flexibility index (Phi) is 6.22. The van der Waals surface area contributed by atoms with Crippen LogP contribution in [0.15, 0.2) is 42.7 Å². The van der Waals surface area contributed by atoms with Gasteiger partial charge >= 0.3 is 0 Å². The van der Waals surface area contributed by atoms with Crippen molar-refractivity contribution in [3.8, 4) is 5.75 Å². The van der Waals surface area contributed by atoms with Crippen molar-refractivity contribution in [2.24, 2.45) is 0 Å². The standard InChI is InChI=1S/C23H29N3O2/c27-23(20-6-4-10-24-17-20)26-14-9-19-16-22(8-7-21(19)18-26)28-15-5-13-25-11-2-1-3-12-25/h4,6-8,10,16-17H,1-3,5,9,11-15,18H2. The van der Waals surface area contributed by atoms with Crippen LogP contribution >= 0.6 is 0 Å². The SMILES string of the molecule is O=C(c1cccnc1)N1CCc2cc(OCCCN3CCCCC3)ccc2C1. The first-order valence-electron chi connectivity index (χ1n) is 10.5. The summed E-state index contributed by atoms with van der Waals surface area (Å²) < 4.78 is 5.99. The molecule has 0 atom stereocenters. The van der Waals surface area contributed by atoms with Crippen LogP contribution in [0.3, 0.4) is 0 Å². The van der Waals surface area contributed by atoms with Crippen molar-refractivity contribution >= 4 is 5.91 Å². The Balaban J connectivity index is 1.28. The molecule has 0 unspecified atom stereocenters. The number of fused-ring (bicyclic) bond motifs is 1. The number of ether oxygens (including phenoxy) is 1. The van der Waals surface area contributed by atoms with Gasteiger partial charge in [-0.25, -0.2) is 0 Å². The van der Waals surface area contributed by atoms with Gasteiger partial charge in [0, 0.05) is 32.0 Å². The van der Waals surface area contributed by atoms with Crippen molar-refractivity contribution in [1.29, 1.82) is 0 Å². The van der Waals surface area contributed by atoms with Crippen molar-refractivity contribution in [2.45, 2.75) is 38.6 Å². The molecule has 1 fully saturated rings. The number of benzene rings is 1. The molecule has 28 heavy (non-hydrogen) atoms. The van der Waals surface area contributed by atoms with Gasteiger partial charge in [-0.1, -0.05) is 12.5 Å². The minimum atomic E-state index is 0.0526. The minimum absolute atomic E-state index is 0.0526. The molecule has 4 rings (SSSR count). The summed E-state index contributed by atoms with van der Waals surface area (Å²) in [6.45, 7) is 5.77. The molecule has 2 aromatic rings. The Morgan fingerprint density at radius 2 is 1.96 bits per heavy atom. The Bertz CT molecular complexity index is 788. The smallest absolute Gasteiger partial charge is 0.255 e. The normalized spacial score (nSPS) is 17.2. The van der Waals surface area contributed by atoms with E-state index < -0.39 is 0 Å². The number of carbonyl (C=O) groups excluding carboxylic acids is 1. The number of nitrogens with zero attached hydrogens (tertiary/aromatic N) is 3. The predicted molar refractivity (Wildman–Crippen MR) is 110 cm³/mol. The molecule has 0 N–H and O–H groups in total. The maximum Gasteiger partial charge on any atom is 0.255 e. The van der Waals surface area contributed by atoms with Crippen LogP contribution in [-0.4, -0.2) is 53.5 Å². The molecule has 3 heterocycles. The number of hydrogen-bond acceptors (Lipinski definition) is 4. The number of piperidine rings is 1. The highest BCUT2D eigenvalue weighted by Gasteiger charge is 2.22. The number of likely N-dealkylation sites (tertiary alicyclic amines) is 1.